The van der Waals surface area contributed by atoms with Gasteiger partial charge in [-0.15, -0.1) is 0 Å². The number of carbonyl (C=O) groups is 2. The van der Waals surface area contributed by atoms with Gasteiger partial charge in [0.1, 0.15) is 0 Å². The Labute approximate surface area is 125 Å². The Bertz CT molecular complexity index is 447. The molecule has 0 aliphatic heterocycles. The summed E-state index contributed by atoms with van der Waals surface area (Å²) >= 11 is 0. The SMILES string of the molecule is CCOC(=O)CC(CC)N(C(=O)OCC)c1ccccc1. The molecule has 0 heterocycles. The molecule has 0 saturated heterocycles. The number of nitrogens with zero attached hydrogens (tertiary/aromatic N) is 1. The Morgan fingerprint density at radius 3 is 2.19 bits per heavy atom. The number of anilines is 1. The van der Waals surface area contributed by atoms with Crippen molar-refractivity contribution >= 4 is 17.7 Å². The van der Waals surface area contributed by atoms with Gasteiger partial charge in [-0.1, -0.05) is 25.1 Å². The van der Waals surface area contributed by atoms with Crippen LogP contribution < -0.4 is 4.90 Å². The van der Waals surface area contributed by atoms with Crippen molar-refractivity contribution < 1.29 is 19.1 Å². The summed E-state index contributed by atoms with van der Waals surface area (Å²) < 4.78 is 10.1. The van der Waals surface area contributed by atoms with Gasteiger partial charge in [-0.05, 0) is 32.4 Å². The zero-order valence-corrected chi connectivity index (χ0v) is 12.9. The lowest BCUT2D eigenvalue weighted by molar-refractivity contribution is -0.143. The molecule has 116 valence electrons. The third-order valence-electron chi connectivity index (χ3n) is 3.04. The number of ether oxygens (including phenoxy) is 2. The van der Waals surface area contributed by atoms with Gasteiger partial charge in [0.05, 0.1) is 25.7 Å². The molecule has 1 amide bonds. The topological polar surface area (TPSA) is 55.8 Å². The summed E-state index contributed by atoms with van der Waals surface area (Å²) in [5.41, 5.74) is 0.715. The molecule has 0 aliphatic carbocycles. The van der Waals surface area contributed by atoms with E-state index in [0.717, 1.165) is 0 Å². The van der Waals surface area contributed by atoms with Gasteiger partial charge in [0.25, 0.3) is 0 Å². The van der Waals surface area contributed by atoms with Crippen LogP contribution in [0.25, 0.3) is 0 Å². The number of amides is 1. The van der Waals surface area contributed by atoms with Gasteiger partial charge in [-0.3, -0.25) is 9.69 Å². The van der Waals surface area contributed by atoms with Crippen LogP contribution in [0.5, 0.6) is 0 Å². The van der Waals surface area contributed by atoms with Gasteiger partial charge >= 0.3 is 12.1 Å². The van der Waals surface area contributed by atoms with E-state index in [1.807, 2.05) is 37.3 Å². The summed E-state index contributed by atoms with van der Waals surface area (Å²) in [7, 11) is 0. The van der Waals surface area contributed by atoms with Crippen LogP contribution in [0.3, 0.4) is 0 Å². The number of para-hydroxylation sites is 1. The smallest absolute Gasteiger partial charge is 0.414 e. The highest BCUT2D eigenvalue weighted by Gasteiger charge is 2.27. The van der Waals surface area contributed by atoms with Crippen LogP contribution in [0.4, 0.5) is 10.5 Å². The average molecular weight is 293 g/mol. The fraction of sp³-hybridized carbons (Fsp3) is 0.500. The highest BCUT2D eigenvalue weighted by Crippen LogP contribution is 2.22. The first-order valence-corrected chi connectivity index (χ1v) is 7.30. The summed E-state index contributed by atoms with van der Waals surface area (Å²) in [6.45, 7) is 6.07. The number of benzene rings is 1. The van der Waals surface area contributed by atoms with Crippen molar-refractivity contribution in [3.05, 3.63) is 30.3 Å². The molecule has 1 rings (SSSR count). The maximum absolute atomic E-state index is 12.2. The molecule has 1 atom stereocenters. The third-order valence-corrected chi connectivity index (χ3v) is 3.04. The molecule has 1 aromatic rings. The lowest BCUT2D eigenvalue weighted by Crippen LogP contribution is -2.42. The number of hydrogen-bond donors (Lipinski definition) is 0. The third kappa shape index (κ3) is 5.10. The second-order valence-electron chi connectivity index (χ2n) is 4.48. The van der Waals surface area contributed by atoms with E-state index in [1.54, 1.807) is 13.8 Å². The Morgan fingerprint density at radius 2 is 1.67 bits per heavy atom. The van der Waals surface area contributed by atoms with E-state index < -0.39 is 6.09 Å². The molecule has 1 aromatic carbocycles. The van der Waals surface area contributed by atoms with E-state index in [9.17, 15) is 9.59 Å². The van der Waals surface area contributed by atoms with Crippen LogP contribution in [0, 0.1) is 0 Å². The Balaban J connectivity index is 2.97. The number of hydrogen-bond acceptors (Lipinski definition) is 4. The minimum atomic E-state index is -0.445. The maximum Gasteiger partial charge on any atom is 0.414 e. The second kappa shape index (κ2) is 9.00. The summed E-state index contributed by atoms with van der Waals surface area (Å²) in [4.78, 5) is 25.5. The highest BCUT2D eigenvalue weighted by atomic mass is 16.6. The molecule has 1 unspecified atom stereocenters. The number of esters is 1. The van der Waals surface area contributed by atoms with Crippen molar-refractivity contribution in [3.63, 3.8) is 0 Å². The standard InChI is InChI=1S/C16H23NO4/c1-4-13(12-15(18)20-5-2)17(16(19)21-6-3)14-10-8-7-9-11-14/h7-11,13H,4-6,12H2,1-3H3. The zero-order chi connectivity index (χ0) is 15.7. The quantitative estimate of drug-likeness (QED) is 0.723. The first kappa shape index (κ1) is 17.0. The van der Waals surface area contributed by atoms with E-state index in [4.69, 9.17) is 9.47 Å². The van der Waals surface area contributed by atoms with Crippen LogP contribution in [-0.4, -0.2) is 31.3 Å². The van der Waals surface area contributed by atoms with E-state index in [2.05, 4.69) is 0 Å². The Hall–Kier alpha value is -2.04. The fourth-order valence-electron chi connectivity index (χ4n) is 2.08. The van der Waals surface area contributed by atoms with E-state index in [-0.39, 0.29) is 25.0 Å². The molecular weight excluding hydrogens is 270 g/mol. The van der Waals surface area contributed by atoms with Gasteiger partial charge in [0, 0.05) is 5.69 Å². The molecular formula is C16H23NO4. The fourth-order valence-corrected chi connectivity index (χ4v) is 2.08. The zero-order valence-electron chi connectivity index (χ0n) is 12.9. The normalized spacial score (nSPS) is 11.6. The van der Waals surface area contributed by atoms with Crippen molar-refractivity contribution in [1.82, 2.24) is 0 Å². The molecule has 0 aliphatic rings. The van der Waals surface area contributed by atoms with Crippen LogP contribution in [0.15, 0.2) is 30.3 Å². The van der Waals surface area contributed by atoms with Gasteiger partial charge < -0.3 is 9.47 Å². The van der Waals surface area contributed by atoms with Crippen molar-refractivity contribution in [2.75, 3.05) is 18.1 Å². The lowest BCUT2D eigenvalue weighted by atomic mass is 10.1. The van der Waals surface area contributed by atoms with Crippen molar-refractivity contribution in [3.8, 4) is 0 Å². The minimum absolute atomic E-state index is 0.151. The van der Waals surface area contributed by atoms with Gasteiger partial charge in [0.2, 0.25) is 0 Å². The van der Waals surface area contributed by atoms with Gasteiger partial charge in [-0.2, -0.15) is 0 Å². The van der Waals surface area contributed by atoms with Crippen LogP contribution in [0.1, 0.15) is 33.6 Å². The summed E-state index contributed by atoms with van der Waals surface area (Å²) in [6, 6.07) is 8.93. The van der Waals surface area contributed by atoms with Crippen LogP contribution in [-0.2, 0) is 14.3 Å². The first-order valence-electron chi connectivity index (χ1n) is 7.30. The molecule has 0 N–H and O–H groups in total. The highest BCUT2D eigenvalue weighted by molar-refractivity contribution is 5.89. The molecule has 21 heavy (non-hydrogen) atoms. The summed E-state index contributed by atoms with van der Waals surface area (Å²) in [5.74, 6) is -0.311. The Morgan fingerprint density at radius 1 is 1.05 bits per heavy atom. The summed E-state index contributed by atoms with van der Waals surface area (Å²) in [6.07, 6.45) is 0.338. The maximum atomic E-state index is 12.2. The summed E-state index contributed by atoms with van der Waals surface area (Å²) in [5, 5.41) is 0. The van der Waals surface area contributed by atoms with Crippen LogP contribution in [0.2, 0.25) is 0 Å². The monoisotopic (exact) mass is 293 g/mol. The molecule has 0 radical (unpaired) electrons. The molecule has 0 bridgehead atoms. The second-order valence-corrected chi connectivity index (χ2v) is 4.48. The van der Waals surface area contributed by atoms with Gasteiger partial charge in [0.15, 0.2) is 0 Å². The lowest BCUT2D eigenvalue weighted by Gasteiger charge is -2.29. The predicted molar refractivity (Wildman–Crippen MR) is 81.3 cm³/mol. The Kier molecular flexibility index (Phi) is 7.29. The van der Waals surface area contributed by atoms with Crippen molar-refractivity contribution in [2.24, 2.45) is 0 Å². The molecule has 0 fully saturated rings. The van der Waals surface area contributed by atoms with Crippen molar-refractivity contribution in [2.45, 2.75) is 39.7 Å². The number of rotatable bonds is 7. The number of carbonyl (C=O) groups excluding carboxylic acids is 2. The molecule has 0 aromatic heterocycles. The van der Waals surface area contributed by atoms with Crippen LogP contribution >= 0.6 is 0 Å². The molecule has 0 spiro atoms. The minimum Gasteiger partial charge on any atom is -0.466 e. The van der Waals surface area contributed by atoms with E-state index in [1.165, 1.54) is 4.90 Å². The molecule has 5 nitrogen and oxygen atoms in total. The van der Waals surface area contributed by atoms with E-state index >= 15 is 0 Å². The van der Waals surface area contributed by atoms with Gasteiger partial charge in [-0.25, -0.2) is 4.79 Å². The largest absolute Gasteiger partial charge is 0.466 e. The van der Waals surface area contributed by atoms with Crippen molar-refractivity contribution in [1.29, 1.82) is 0 Å². The molecule has 5 heteroatoms. The molecule has 0 saturated carbocycles. The average Bonchev–Trinajstić information content (AvgIpc) is 2.48. The first-order chi connectivity index (χ1) is 10.1. The predicted octanol–water partition coefficient (Wildman–Crippen LogP) is 3.38. The van der Waals surface area contributed by atoms with E-state index in [0.29, 0.717) is 18.7 Å².